The molecule has 2 aromatic heterocycles. The van der Waals surface area contributed by atoms with E-state index in [4.69, 9.17) is 5.11 Å². The van der Waals surface area contributed by atoms with E-state index in [-0.39, 0.29) is 30.2 Å². The zero-order chi connectivity index (χ0) is 15.8. The molecular weight excluding hydrogens is 289 g/mol. The Labute approximate surface area is 117 Å². The molecule has 0 saturated carbocycles. The second-order valence-electron chi connectivity index (χ2n) is 4.52. The van der Waals surface area contributed by atoms with Gasteiger partial charge in [0.05, 0.1) is 0 Å². The van der Waals surface area contributed by atoms with Crippen molar-refractivity contribution in [1.29, 1.82) is 0 Å². The number of hydrogen-bond acceptors (Lipinski definition) is 4. The van der Waals surface area contributed by atoms with Gasteiger partial charge in [-0.2, -0.15) is 17.9 Å². The number of rotatable bonds is 3. The van der Waals surface area contributed by atoms with Gasteiger partial charge in [-0.3, -0.25) is 9.89 Å². The lowest BCUT2D eigenvalue weighted by atomic mass is 10.2. The fourth-order valence-electron chi connectivity index (χ4n) is 1.93. The summed E-state index contributed by atoms with van der Waals surface area (Å²) in [6.07, 6.45) is -4.52. The number of hydrogen-bond donors (Lipinski definition) is 2. The SMILES string of the molecule is Cc1cc(C(F)(F)F)nc(-n2[nH]c(C)c(CCO)c2=O)n1. The fraction of sp³-hybridized carbons (Fsp3) is 0.417. The Hall–Kier alpha value is -2.16. The summed E-state index contributed by atoms with van der Waals surface area (Å²) in [6, 6.07) is 0.805. The van der Waals surface area contributed by atoms with Gasteiger partial charge in [-0.15, -0.1) is 0 Å². The van der Waals surface area contributed by atoms with Crippen LogP contribution in [0.25, 0.3) is 5.95 Å². The molecule has 0 aliphatic heterocycles. The molecule has 0 aromatic carbocycles. The van der Waals surface area contributed by atoms with E-state index in [9.17, 15) is 18.0 Å². The number of H-pyrrole nitrogens is 1. The molecule has 0 radical (unpaired) electrons. The van der Waals surface area contributed by atoms with Gasteiger partial charge in [0.15, 0.2) is 0 Å². The van der Waals surface area contributed by atoms with Crippen LogP contribution in [-0.2, 0) is 12.6 Å². The molecule has 2 rings (SSSR count). The van der Waals surface area contributed by atoms with Crippen molar-refractivity contribution in [3.8, 4) is 5.95 Å². The third-order valence-electron chi connectivity index (χ3n) is 2.89. The number of aryl methyl sites for hydroxylation is 2. The first kappa shape index (κ1) is 15.2. The zero-order valence-corrected chi connectivity index (χ0v) is 11.3. The molecule has 2 heterocycles. The van der Waals surface area contributed by atoms with Crippen LogP contribution in [0.4, 0.5) is 13.2 Å². The molecule has 114 valence electrons. The van der Waals surface area contributed by atoms with E-state index >= 15 is 0 Å². The Morgan fingerprint density at radius 3 is 2.57 bits per heavy atom. The molecule has 9 heteroatoms. The first-order valence-corrected chi connectivity index (χ1v) is 6.08. The van der Waals surface area contributed by atoms with Crippen LogP contribution in [0.15, 0.2) is 10.9 Å². The van der Waals surface area contributed by atoms with Crippen molar-refractivity contribution in [3.05, 3.63) is 39.1 Å². The summed E-state index contributed by atoms with van der Waals surface area (Å²) in [5.41, 5.74) is -0.854. The van der Waals surface area contributed by atoms with E-state index in [0.717, 1.165) is 10.7 Å². The van der Waals surface area contributed by atoms with Crippen LogP contribution in [0, 0.1) is 13.8 Å². The summed E-state index contributed by atoms with van der Waals surface area (Å²) in [4.78, 5) is 19.3. The largest absolute Gasteiger partial charge is 0.433 e. The molecule has 0 bridgehead atoms. The highest BCUT2D eigenvalue weighted by atomic mass is 19.4. The van der Waals surface area contributed by atoms with Crippen LogP contribution in [0.3, 0.4) is 0 Å². The van der Waals surface area contributed by atoms with Gasteiger partial charge in [-0.05, 0) is 19.9 Å². The Morgan fingerprint density at radius 1 is 1.33 bits per heavy atom. The number of alkyl halides is 3. The average Bonchev–Trinajstić information content (AvgIpc) is 2.65. The Morgan fingerprint density at radius 2 is 2.00 bits per heavy atom. The van der Waals surface area contributed by atoms with Gasteiger partial charge in [0.1, 0.15) is 5.69 Å². The molecule has 0 saturated heterocycles. The maximum Gasteiger partial charge on any atom is 0.433 e. The van der Waals surface area contributed by atoms with Crippen LogP contribution < -0.4 is 5.56 Å². The second kappa shape index (κ2) is 5.32. The first-order chi connectivity index (χ1) is 9.74. The summed E-state index contributed by atoms with van der Waals surface area (Å²) < 4.78 is 39.1. The van der Waals surface area contributed by atoms with Gasteiger partial charge in [0.2, 0.25) is 0 Å². The van der Waals surface area contributed by atoms with Crippen LogP contribution in [0.2, 0.25) is 0 Å². The number of aromatic nitrogens is 4. The monoisotopic (exact) mass is 302 g/mol. The summed E-state index contributed by atoms with van der Waals surface area (Å²) in [5.74, 6) is -0.375. The Bertz CT molecular complexity index is 718. The molecule has 2 N–H and O–H groups in total. The van der Waals surface area contributed by atoms with Crippen LogP contribution in [-0.4, -0.2) is 31.5 Å². The van der Waals surface area contributed by atoms with Crippen molar-refractivity contribution < 1.29 is 18.3 Å². The second-order valence-corrected chi connectivity index (χ2v) is 4.52. The van der Waals surface area contributed by atoms with Crippen LogP contribution in [0.1, 0.15) is 22.6 Å². The van der Waals surface area contributed by atoms with Crippen LogP contribution in [0.5, 0.6) is 0 Å². The van der Waals surface area contributed by atoms with Crippen molar-refractivity contribution in [2.75, 3.05) is 6.61 Å². The lowest BCUT2D eigenvalue weighted by Crippen LogP contribution is -2.22. The predicted octanol–water partition coefficient (Wildman–Crippen LogP) is 1.13. The number of nitrogens with one attached hydrogen (secondary N) is 1. The molecule has 0 amide bonds. The van der Waals surface area contributed by atoms with E-state index in [1.807, 2.05) is 0 Å². The van der Waals surface area contributed by atoms with Gasteiger partial charge in [-0.1, -0.05) is 0 Å². The fourth-order valence-corrected chi connectivity index (χ4v) is 1.93. The quantitative estimate of drug-likeness (QED) is 0.890. The molecule has 0 aliphatic rings. The van der Waals surface area contributed by atoms with E-state index in [0.29, 0.717) is 5.69 Å². The third kappa shape index (κ3) is 2.97. The molecule has 0 atom stereocenters. The maximum atomic E-state index is 12.7. The van der Waals surface area contributed by atoms with Crippen molar-refractivity contribution >= 4 is 0 Å². The molecule has 6 nitrogen and oxygen atoms in total. The number of nitrogens with zero attached hydrogens (tertiary/aromatic N) is 3. The topological polar surface area (TPSA) is 83.8 Å². The summed E-state index contributed by atoms with van der Waals surface area (Å²) in [7, 11) is 0. The Kier molecular flexibility index (Phi) is 3.86. The summed E-state index contributed by atoms with van der Waals surface area (Å²) in [6.45, 7) is 2.73. The van der Waals surface area contributed by atoms with E-state index in [1.54, 1.807) is 6.92 Å². The van der Waals surface area contributed by atoms with Crippen molar-refractivity contribution in [2.45, 2.75) is 26.4 Å². The van der Waals surface area contributed by atoms with Crippen molar-refractivity contribution in [3.63, 3.8) is 0 Å². The first-order valence-electron chi connectivity index (χ1n) is 6.08. The molecule has 0 unspecified atom stereocenters. The van der Waals surface area contributed by atoms with Crippen molar-refractivity contribution in [1.82, 2.24) is 19.7 Å². The molecule has 0 spiro atoms. The highest BCUT2D eigenvalue weighted by Crippen LogP contribution is 2.28. The molecular formula is C12H13F3N4O2. The van der Waals surface area contributed by atoms with Crippen molar-refractivity contribution in [2.24, 2.45) is 0 Å². The van der Waals surface area contributed by atoms with E-state index < -0.39 is 17.4 Å². The smallest absolute Gasteiger partial charge is 0.396 e. The number of halogens is 3. The number of aliphatic hydroxyl groups is 1. The minimum atomic E-state index is -4.62. The number of aliphatic hydroxyl groups excluding tert-OH is 1. The summed E-state index contributed by atoms with van der Waals surface area (Å²) >= 11 is 0. The minimum absolute atomic E-state index is 0.0928. The van der Waals surface area contributed by atoms with Gasteiger partial charge < -0.3 is 5.11 Å². The predicted molar refractivity (Wildman–Crippen MR) is 67.2 cm³/mol. The van der Waals surface area contributed by atoms with Gasteiger partial charge in [-0.25, -0.2) is 9.97 Å². The highest BCUT2D eigenvalue weighted by molar-refractivity contribution is 5.24. The third-order valence-corrected chi connectivity index (χ3v) is 2.89. The number of aromatic amines is 1. The minimum Gasteiger partial charge on any atom is -0.396 e. The Balaban J connectivity index is 2.60. The lowest BCUT2D eigenvalue weighted by molar-refractivity contribution is -0.141. The average molecular weight is 302 g/mol. The molecule has 21 heavy (non-hydrogen) atoms. The van der Waals surface area contributed by atoms with E-state index in [1.165, 1.54) is 6.92 Å². The van der Waals surface area contributed by atoms with Gasteiger partial charge in [0, 0.05) is 30.0 Å². The summed E-state index contributed by atoms with van der Waals surface area (Å²) in [5, 5.41) is 11.5. The molecule has 0 fully saturated rings. The lowest BCUT2D eigenvalue weighted by Gasteiger charge is -2.08. The maximum absolute atomic E-state index is 12.7. The zero-order valence-electron chi connectivity index (χ0n) is 11.3. The van der Waals surface area contributed by atoms with Gasteiger partial charge >= 0.3 is 6.18 Å². The van der Waals surface area contributed by atoms with Gasteiger partial charge in [0.25, 0.3) is 11.5 Å². The van der Waals surface area contributed by atoms with Crippen LogP contribution >= 0.6 is 0 Å². The molecule has 2 aromatic rings. The van der Waals surface area contributed by atoms with E-state index in [2.05, 4.69) is 15.1 Å². The highest BCUT2D eigenvalue weighted by Gasteiger charge is 2.33. The normalized spacial score (nSPS) is 11.9. The standard InChI is InChI=1S/C12H13F3N4O2/c1-6-5-9(12(13,14)15)17-11(16-6)19-10(21)8(3-4-20)7(2)18-19/h5,18,20H,3-4H2,1-2H3. The molecule has 0 aliphatic carbocycles.